The molecule has 2 rings (SSSR count). The largest absolute Gasteiger partial charge is 0.370 e. The van der Waals surface area contributed by atoms with E-state index in [-0.39, 0.29) is 5.60 Å². The molecular weight excluding hydrogens is 226 g/mol. The van der Waals surface area contributed by atoms with Crippen molar-refractivity contribution in [2.24, 2.45) is 0 Å². The number of rotatable bonds is 4. The van der Waals surface area contributed by atoms with E-state index in [0.717, 1.165) is 31.6 Å². The molecule has 0 aliphatic carbocycles. The van der Waals surface area contributed by atoms with Crippen LogP contribution in [0.4, 0.5) is 0 Å². The number of hydrogen-bond acceptors (Lipinski definition) is 3. The second-order valence-electron chi connectivity index (χ2n) is 5.90. The van der Waals surface area contributed by atoms with E-state index >= 15 is 0 Å². The second-order valence-corrected chi connectivity index (χ2v) is 5.90. The molecule has 1 aromatic heterocycles. The zero-order valence-electron chi connectivity index (χ0n) is 12.2. The summed E-state index contributed by atoms with van der Waals surface area (Å²) in [7, 11) is 1.97. The molecule has 1 N–H and O–H groups in total. The van der Waals surface area contributed by atoms with Crippen molar-refractivity contribution in [3.63, 3.8) is 0 Å². The van der Waals surface area contributed by atoms with Gasteiger partial charge < -0.3 is 10.1 Å². The first-order valence-electron chi connectivity index (χ1n) is 6.78. The molecule has 102 valence electrons. The Labute approximate surface area is 110 Å². The summed E-state index contributed by atoms with van der Waals surface area (Å²) >= 11 is 0. The maximum Gasteiger partial charge on any atom is 0.0779 e. The lowest BCUT2D eigenvalue weighted by molar-refractivity contribution is -0.0232. The molecule has 0 saturated carbocycles. The van der Waals surface area contributed by atoms with Crippen LogP contribution in [0.1, 0.15) is 43.6 Å². The zero-order valence-corrected chi connectivity index (χ0v) is 12.2. The smallest absolute Gasteiger partial charge is 0.0779 e. The zero-order chi connectivity index (χ0) is 13.3. The van der Waals surface area contributed by atoms with Crippen molar-refractivity contribution >= 4 is 0 Å². The highest BCUT2D eigenvalue weighted by Gasteiger charge is 2.32. The Balaban J connectivity index is 2.08. The monoisotopic (exact) mass is 251 g/mol. The highest BCUT2D eigenvalue weighted by molar-refractivity contribution is 5.24. The van der Waals surface area contributed by atoms with Crippen molar-refractivity contribution in [1.82, 2.24) is 15.1 Å². The molecule has 1 aliphatic rings. The number of aryl methyl sites for hydroxylation is 1. The maximum atomic E-state index is 6.04. The molecule has 1 atom stereocenters. The minimum Gasteiger partial charge on any atom is -0.370 e. The third kappa shape index (κ3) is 2.75. The Kier molecular flexibility index (Phi) is 3.78. The van der Waals surface area contributed by atoms with Crippen LogP contribution in [0, 0.1) is 13.8 Å². The lowest BCUT2D eigenvalue weighted by Crippen LogP contribution is -2.23. The van der Waals surface area contributed by atoms with Gasteiger partial charge in [-0.25, -0.2) is 0 Å². The summed E-state index contributed by atoms with van der Waals surface area (Å²) in [5.41, 5.74) is 3.73. The molecule has 1 fully saturated rings. The first-order valence-corrected chi connectivity index (χ1v) is 6.78. The average molecular weight is 251 g/mol. The van der Waals surface area contributed by atoms with Gasteiger partial charge in [0, 0.05) is 17.8 Å². The van der Waals surface area contributed by atoms with E-state index in [0.29, 0.717) is 6.10 Å². The van der Waals surface area contributed by atoms with Crippen LogP contribution < -0.4 is 5.32 Å². The van der Waals surface area contributed by atoms with Crippen molar-refractivity contribution < 1.29 is 4.74 Å². The van der Waals surface area contributed by atoms with Gasteiger partial charge in [0.25, 0.3) is 0 Å². The fourth-order valence-electron chi connectivity index (χ4n) is 2.74. The van der Waals surface area contributed by atoms with E-state index in [4.69, 9.17) is 4.74 Å². The number of ether oxygens (including phenoxy) is 1. The predicted octanol–water partition coefficient (Wildman–Crippen LogP) is 2.18. The van der Waals surface area contributed by atoms with Crippen LogP contribution in [0.25, 0.3) is 0 Å². The van der Waals surface area contributed by atoms with E-state index in [9.17, 15) is 0 Å². The highest BCUT2D eigenvalue weighted by atomic mass is 16.5. The molecule has 4 nitrogen and oxygen atoms in total. The van der Waals surface area contributed by atoms with Crippen LogP contribution >= 0.6 is 0 Å². The molecule has 1 aliphatic heterocycles. The summed E-state index contributed by atoms with van der Waals surface area (Å²) in [4.78, 5) is 0. The van der Waals surface area contributed by atoms with E-state index < -0.39 is 0 Å². The molecular formula is C14H25N3O. The maximum absolute atomic E-state index is 6.04. The Morgan fingerprint density at radius 1 is 1.44 bits per heavy atom. The molecule has 4 heteroatoms. The SMILES string of the molecule is CNCc1c(C)nn(CC2CCC(C)(C)O2)c1C. The lowest BCUT2D eigenvalue weighted by atomic mass is 10.1. The molecule has 2 heterocycles. The highest BCUT2D eigenvalue weighted by Crippen LogP contribution is 2.30. The minimum absolute atomic E-state index is 0.0363. The van der Waals surface area contributed by atoms with Crippen LogP contribution in [-0.4, -0.2) is 28.5 Å². The molecule has 0 aromatic carbocycles. The minimum atomic E-state index is 0.0363. The fraction of sp³-hybridized carbons (Fsp3) is 0.786. The van der Waals surface area contributed by atoms with Crippen molar-refractivity contribution in [1.29, 1.82) is 0 Å². The molecule has 0 spiro atoms. The van der Waals surface area contributed by atoms with E-state index in [1.54, 1.807) is 0 Å². The summed E-state index contributed by atoms with van der Waals surface area (Å²) in [6.07, 6.45) is 2.58. The quantitative estimate of drug-likeness (QED) is 0.891. The first kappa shape index (κ1) is 13.6. The molecule has 0 bridgehead atoms. The van der Waals surface area contributed by atoms with Gasteiger partial charge in [0.2, 0.25) is 0 Å². The van der Waals surface area contributed by atoms with Crippen LogP contribution in [0.15, 0.2) is 0 Å². The number of nitrogens with one attached hydrogen (secondary N) is 1. The molecule has 0 radical (unpaired) electrons. The standard InChI is InChI=1S/C14H25N3O/c1-10-13(8-15-5)11(2)17(16-10)9-12-6-7-14(3,4)18-12/h12,15H,6-9H2,1-5H3. The summed E-state index contributed by atoms with van der Waals surface area (Å²) in [6.45, 7) is 10.3. The van der Waals surface area contributed by atoms with Gasteiger partial charge in [-0.2, -0.15) is 5.10 Å². The third-order valence-corrected chi connectivity index (χ3v) is 3.82. The van der Waals surface area contributed by atoms with Crippen LogP contribution in [-0.2, 0) is 17.8 Å². The summed E-state index contributed by atoms with van der Waals surface area (Å²) in [5, 5.41) is 7.84. The van der Waals surface area contributed by atoms with Crippen molar-refractivity contribution in [3.8, 4) is 0 Å². The molecule has 18 heavy (non-hydrogen) atoms. The third-order valence-electron chi connectivity index (χ3n) is 3.82. The van der Waals surface area contributed by atoms with Gasteiger partial charge in [-0.15, -0.1) is 0 Å². The fourth-order valence-corrected chi connectivity index (χ4v) is 2.74. The summed E-state index contributed by atoms with van der Waals surface area (Å²) < 4.78 is 8.15. The Bertz CT molecular complexity index is 423. The van der Waals surface area contributed by atoms with E-state index in [2.05, 4.69) is 42.8 Å². The Hall–Kier alpha value is -0.870. The molecule has 0 amide bonds. The topological polar surface area (TPSA) is 39.1 Å². The lowest BCUT2D eigenvalue weighted by Gasteiger charge is -2.19. The van der Waals surface area contributed by atoms with Gasteiger partial charge in [0.15, 0.2) is 0 Å². The first-order chi connectivity index (χ1) is 8.43. The van der Waals surface area contributed by atoms with E-state index in [1.165, 1.54) is 11.3 Å². The van der Waals surface area contributed by atoms with E-state index in [1.807, 2.05) is 7.05 Å². The molecule has 1 saturated heterocycles. The number of nitrogens with zero attached hydrogens (tertiary/aromatic N) is 2. The van der Waals surface area contributed by atoms with Crippen molar-refractivity contribution in [3.05, 3.63) is 17.0 Å². The average Bonchev–Trinajstić information content (AvgIpc) is 2.74. The second kappa shape index (κ2) is 5.02. The van der Waals surface area contributed by atoms with Crippen LogP contribution in [0.5, 0.6) is 0 Å². The normalized spacial score (nSPS) is 22.6. The summed E-state index contributed by atoms with van der Waals surface area (Å²) in [5.74, 6) is 0. The molecule has 1 unspecified atom stereocenters. The van der Waals surface area contributed by atoms with Gasteiger partial charge in [0.1, 0.15) is 0 Å². The van der Waals surface area contributed by atoms with Gasteiger partial charge in [-0.05, 0) is 47.6 Å². The predicted molar refractivity (Wildman–Crippen MR) is 72.7 cm³/mol. The number of aromatic nitrogens is 2. The Morgan fingerprint density at radius 3 is 2.72 bits per heavy atom. The van der Waals surface area contributed by atoms with Gasteiger partial charge in [-0.1, -0.05) is 0 Å². The van der Waals surface area contributed by atoms with Gasteiger partial charge in [0.05, 0.1) is 23.9 Å². The van der Waals surface area contributed by atoms with Gasteiger partial charge >= 0.3 is 0 Å². The number of hydrogen-bond donors (Lipinski definition) is 1. The Morgan fingerprint density at radius 2 is 2.17 bits per heavy atom. The summed E-state index contributed by atoms with van der Waals surface area (Å²) in [6, 6.07) is 0. The van der Waals surface area contributed by atoms with Gasteiger partial charge in [-0.3, -0.25) is 4.68 Å². The van der Waals surface area contributed by atoms with Crippen LogP contribution in [0.2, 0.25) is 0 Å². The molecule has 1 aromatic rings. The van der Waals surface area contributed by atoms with Crippen molar-refractivity contribution in [2.45, 2.75) is 65.3 Å². The van der Waals surface area contributed by atoms with Crippen molar-refractivity contribution in [2.75, 3.05) is 7.05 Å². The van der Waals surface area contributed by atoms with Crippen LogP contribution in [0.3, 0.4) is 0 Å².